The minimum atomic E-state index is -0.181. The third-order valence-electron chi connectivity index (χ3n) is 15.8. The molecule has 284 valence electrons. The molecule has 0 aromatic heterocycles. The van der Waals surface area contributed by atoms with Gasteiger partial charge < -0.3 is 4.90 Å². The van der Waals surface area contributed by atoms with E-state index in [1.165, 1.54) is 129 Å². The Kier molecular flexibility index (Phi) is 7.80. The van der Waals surface area contributed by atoms with Crippen LogP contribution in [0.5, 0.6) is 0 Å². The van der Waals surface area contributed by atoms with E-state index in [1.807, 2.05) is 0 Å². The lowest BCUT2D eigenvalue weighted by atomic mass is 9.55. The van der Waals surface area contributed by atoms with Gasteiger partial charge in [0.15, 0.2) is 0 Å². The Morgan fingerprint density at radius 1 is 0.561 bits per heavy atom. The molecule has 3 atom stereocenters. The highest BCUT2D eigenvalue weighted by molar-refractivity contribution is 5.98. The van der Waals surface area contributed by atoms with E-state index < -0.39 is 0 Å². The Labute approximate surface area is 340 Å². The van der Waals surface area contributed by atoms with Gasteiger partial charge in [-0.3, -0.25) is 0 Å². The van der Waals surface area contributed by atoms with Crippen LogP contribution >= 0.6 is 0 Å². The van der Waals surface area contributed by atoms with E-state index in [0.717, 1.165) is 12.8 Å². The van der Waals surface area contributed by atoms with Crippen molar-refractivity contribution in [1.29, 1.82) is 0 Å². The highest BCUT2D eigenvalue weighted by Gasteiger charge is 2.53. The van der Waals surface area contributed by atoms with Gasteiger partial charge in [0.1, 0.15) is 0 Å². The number of benzene rings is 6. The van der Waals surface area contributed by atoms with E-state index in [1.54, 1.807) is 5.56 Å². The molecule has 11 rings (SSSR count). The molecule has 2 spiro atoms. The quantitative estimate of drug-likeness (QED) is 0.159. The van der Waals surface area contributed by atoms with E-state index >= 15 is 0 Å². The summed E-state index contributed by atoms with van der Waals surface area (Å²) in [7, 11) is 0. The van der Waals surface area contributed by atoms with Gasteiger partial charge in [-0.2, -0.15) is 0 Å². The lowest BCUT2D eigenvalue weighted by Crippen LogP contribution is -2.41. The minimum Gasteiger partial charge on any atom is -0.310 e. The van der Waals surface area contributed by atoms with Gasteiger partial charge in [-0.1, -0.05) is 169 Å². The molecule has 57 heavy (non-hydrogen) atoms. The van der Waals surface area contributed by atoms with Crippen LogP contribution in [0.2, 0.25) is 0 Å². The van der Waals surface area contributed by atoms with Gasteiger partial charge in [0.2, 0.25) is 0 Å². The zero-order valence-electron chi connectivity index (χ0n) is 34.3. The smallest absolute Gasteiger partial charge is 0.0543 e. The monoisotopic (exact) mass is 741 g/mol. The molecule has 6 aromatic carbocycles. The topological polar surface area (TPSA) is 3.24 Å². The van der Waals surface area contributed by atoms with E-state index in [2.05, 4.69) is 160 Å². The fourth-order valence-corrected chi connectivity index (χ4v) is 13.2. The summed E-state index contributed by atoms with van der Waals surface area (Å²) in [5.74, 6) is 1.21. The molecule has 0 saturated heterocycles. The molecule has 5 aliphatic carbocycles. The highest BCUT2D eigenvalue weighted by atomic mass is 15.1. The number of nitrogens with zero attached hydrogens (tertiary/aromatic N) is 1. The molecule has 0 bridgehead atoms. The van der Waals surface area contributed by atoms with Crippen LogP contribution in [0.25, 0.3) is 33.4 Å². The molecule has 0 N–H and O–H groups in total. The van der Waals surface area contributed by atoms with Crippen molar-refractivity contribution in [3.63, 3.8) is 0 Å². The van der Waals surface area contributed by atoms with Gasteiger partial charge in [0.25, 0.3) is 0 Å². The van der Waals surface area contributed by atoms with Gasteiger partial charge in [-0.25, -0.2) is 0 Å². The molecule has 2 fully saturated rings. The average molecular weight is 742 g/mol. The van der Waals surface area contributed by atoms with Crippen molar-refractivity contribution < 1.29 is 0 Å². The van der Waals surface area contributed by atoms with Gasteiger partial charge in [-0.05, 0) is 129 Å². The van der Waals surface area contributed by atoms with E-state index in [4.69, 9.17) is 6.58 Å². The van der Waals surface area contributed by atoms with Crippen molar-refractivity contribution in [2.24, 2.45) is 11.8 Å². The normalized spacial score (nSPS) is 22.8. The fourth-order valence-electron chi connectivity index (χ4n) is 13.2. The maximum absolute atomic E-state index is 5.00. The van der Waals surface area contributed by atoms with E-state index in [0.29, 0.717) is 11.8 Å². The molecule has 0 radical (unpaired) electrons. The first-order chi connectivity index (χ1) is 27.8. The van der Waals surface area contributed by atoms with Crippen LogP contribution in [0, 0.1) is 11.8 Å². The van der Waals surface area contributed by atoms with Crippen molar-refractivity contribution in [1.82, 2.24) is 0 Å². The van der Waals surface area contributed by atoms with Gasteiger partial charge in [0.05, 0.1) is 5.69 Å². The first kappa shape index (κ1) is 35.1. The van der Waals surface area contributed by atoms with Crippen LogP contribution in [0.3, 0.4) is 0 Å². The summed E-state index contributed by atoms with van der Waals surface area (Å²) in [4.78, 5) is 2.62. The van der Waals surface area contributed by atoms with E-state index in [-0.39, 0.29) is 16.2 Å². The van der Waals surface area contributed by atoms with Crippen LogP contribution in [-0.2, 0) is 16.2 Å². The molecule has 1 heteroatoms. The van der Waals surface area contributed by atoms with Crippen molar-refractivity contribution in [3.8, 4) is 33.4 Å². The van der Waals surface area contributed by atoms with E-state index in [9.17, 15) is 0 Å². The van der Waals surface area contributed by atoms with Crippen molar-refractivity contribution >= 4 is 17.1 Å². The summed E-state index contributed by atoms with van der Waals surface area (Å²) in [5.41, 5.74) is 22.2. The standard InChI is InChI=1S/C56H55N/c1-6-37-32-36(3)56(38(7-2)33-37)50-23-14-11-20-43(50)53-51(56)24-17-25-52(53)57(39-26-28-47-44(34-39)41-18-9-12-21-46(41)54(47,4)5)40-27-29-49-45(35-40)42-19-10-13-22-48(42)55(49)30-15-8-16-31-55/h9-14,17-29,34-35,37-38H,3,6-8,15-16,30-33H2,1-2,4-5H3. The van der Waals surface area contributed by atoms with Crippen LogP contribution < -0.4 is 4.90 Å². The third kappa shape index (κ3) is 4.63. The Morgan fingerprint density at radius 3 is 1.82 bits per heavy atom. The molecule has 2 saturated carbocycles. The van der Waals surface area contributed by atoms with Gasteiger partial charge in [0, 0.05) is 33.2 Å². The molecule has 3 unspecified atom stereocenters. The summed E-state index contributed by atoms with van der Waals surface area (Å²) >= 11 is 0. The number of hydrogen-bond acceptors (Lipinski definition) is 1. The lowest BCUT2D eigenvalue weighted by Gasteiger charge is -2.47. The maximum atomic E-state index is 5.00. The summed E-state index contributed by atoms with van der Waals surface area (Å²) in [6.07, 6.45) is 11.1. The molecular weight excluding hydrogens is 687 g/mol. The van der Waals surface area contributed by atoms with Crippen molar-refractivity contribution in [2.45, 2.75) is 102 Å². The first-order valence-electron chi connectivity index (χ1n) is 22.0. The molecule has 1 nitrogen and oxygen atoms in total. The zero-order valence-corrected chi connectivity index (χ0v) is 34.3. The van der Waals surface area contributed by atoms with Crippen molar-refractivity contribution in [3.05, 3.63) is 173 Å². The Bertz CT molecular complexity index is 2610. The minimum absolute atomic E-state index is 0.0486. The largest absolute Gasteiger partial charge is 0.310 e. The fraction of sp³-hybridized carbons (Fsp3) is 0.321. The summed E-state index contributed by atoms with van der Waals surface area (Å²) in [5, 5.41) is 0. The first-order valence-corrected chi connectivity index (χ1v) is 22.0. The summed E-state index contributed by atoms with van der Waals surface area (Å²) in [6.45, 7) is 14.6. The molecule has 0 amide bonds. The average Bonchev–Trinajstić information content (AvgIpc) is 3.79. The van der Waals surface area contributed by atoms with Gasteiger partial charge in [-0.15, -0.1) is 0 Å². The van der Waals surface area contributed by atoms with Crippen LogP contribution in [-0.4, -0.2) is 0 Å². The molecular formula is C56H55N. The maximum Gasteiger partial charge on any atom is 0.0543 e. The molecule has 5 aliphatic rings. The van der Waals surface area contributed by atoms with Gasteiger partial charge >= 0.3 is 0 Å². The SMILES string of the molecule is C=C1CC(CC)CC(CC)C12c1ccccc1-c1c(N(c3ccc4c(c3)-c3ccccc3C4(C)C)c3ccc4c(c3)-c3ccccc3C43CCCCC3)cccc12. The lowest BCUT2D eigenvalue weighted by molar-refractivity contribution is 0.224. The number of allylic oxidation sites excluding steroid dienone is 1. The van der Waals surface area contributed by atoms with Crippen LogP contribution in [0.15, 0.2) is 140 Å². The molecule has 0 heterocycles. The Balaban J connectivity index is 1.18. The second-order valence-corrected chi connectivity index (χ2v) is 18.6. The Hall–Kier alpha value is -5.14. The number of rotatable bonds is 5. The van der Waals surface area contributed by atoms with Crippen LogP contribution in [0.1, 0.15) is 119 Å². The molecule has 0 aliphatic heterocycles. The summed E-state index contributed by atoms with van der Waals surface area (Å²) in [6, 6.07) is 49.9. The number of hydrogen-bond donors (Lipinski definition) is 0. The molecule has 6 aromatic rings. The predicted octanol–water partition coefficient (Wildman–Crippen LogP) is 15.4. The third-order valence-corrected chi connectivity index (χ3v) is 15.8. The Morgan fingerprint density at radius 2 is 1.12 bits per heavy atom. The number of fused-ring (bicyclic) bond motifs is 13. The highest BCUT2D eigenvalue weighted by Crippen LogP contribution is 2.65. The number of anilines is 3. The van der Waals surface area contributed by atoms with Crippen LogP contribution in [0.4, 0.5) is 17.1 Å². The zero-order chi connectivity index (χ0) is 38.7. The second-order valence-electron chi connectivity index (χ2n) is 18.6. The predicted molar refractivity (Wildman–Crippen MR) is 240 cm³/mol. The summed E-state index contributed by atoms with van der Waals surface area (Å²) < 4.78 is 0. The second kappa shape index (κ2) is 12.7. The van der Waals surface area contributed by atoms with Crippen molar-refractivity contribution in [2.75, 3.05) is 4.90 Å².